The molecule has 0 aliphatic heterocycles. The number of nitrogens with zero attached hydrogens (tertiary/aromatic N) is 3. The van der Waals surface area contributed by atoms with E-state index in [1.54, 1.807) is 0 Å². The van der Waals surface area contributed by atoms with Crippen molar-refractivity contribution in [1.82, 2.24) is 15.0 Å². The fourth-order valence-electron chi connectivity index (χ4n) is 2.68. The van der Waals surface area contributed by atoms with E-state index in [1.165, 1.54) is 0 Å². The van der Waals surface area contributed by atoms with Gasteiger partial charge in [-0.25, -0.2) is 9.97 Å². The van der Waals surface area contributed by atoms with Gasteiger partial charge in [-0.1, -0.05) is 32.4 Å². The molecule has 0 amide bonds. The van der Waals surface area contributed by atoms with Crippen molar-refractivity contribution in [3.8, 4) is 22.5 Å². The van der Waals surface area contributed by atoms with Crippen molar-refractivity contribution in [3.05, 3.63) is 66.2 Å². The molecule has 0 bridgehead atoms. The maximum absolute atomic E-state index is 4.72. The van der Waals surface area contributed by atoms with E-state index >= 15 is 0 Å². The van der Waals surface area contributed by atoms with E-state index in [0.717, 1.165) is 59.7 Å². The minimum absolute atomic E-state index is 0. The normalized spacial score (nSPS) is 10.3. The zero-order valence-corrected chi connectivity index (χ0v) is 17.0. The number of pyridine rings is 1. The Hall–Kier alpha value is -1.90. The maximum atomic E-state index is 4.72. The standard InChI is InChI=1S/C21H22N3.Ir/c1-3-8-18-14-20(24-21(23-18)9-4-2)17-12-13-19(22-15-17)16-10-6-5-7-11-16;/h5-7,10,12-15H,3-4,8-9H2,1-2H3;/q-1;. The average molecular weight is 509 g/mol. The molecule has 1 radical (unpaired) electrons. The minimum Gasteiger partial charge on any atom is -0.304 e. The van der Waals surface area contributed by atoms with Gasteiger partial charge in [0.05, 0.1) is 5.69 Å². The van der Waals surface area contributed by atoms with Gasteiger partial charge < -0.3 is 4.98 Å². The maximum Gasteiger partial charge on any atom is 0.129 e. The molecule has 2 heterocycles. The fraction of sp³-hybridized carbons (Fsp3) is 0.286. The Labute approximate surface area is 163 Å². The smallest absolute Gasteiger partial charge is 0.129 e. The summed E-state index contributed by atoms with van der Waals surface area (Å²) in [6.07, 6.45) is 5.93. The summed E-state index contributed by atoms with van der Waals surface area (Å²) in [5.74, 6) is 0.930. The number of rotatable bonds is 6. The first kappa shape index (κ1) is 19.4. The monoisotopic (exact) mass is 509 g/mol. The third-order valence-corrected chi connectivity index (χ3v) is 3.85. The first-order valence-corrected chi connectivity index (χ1v) is 8.60. The Morgan fingerprint density at radius 1 is 0.920 bits per heavy atom. The third kappa shape index (κ3) is 5.04. The number of aryl methyl sites for hydroxylation is 2. The third-order valence-electron chi connectivity index (χ3n) is 3.85. The van der Waals surface area contributed by atoms with Crippen LogP contribution in [0.2, 0.25) is 0 Å². The van der Waals surface area contributed by atoms with Crippen LogP contribution in [0.4, 0.5) is 0 Å². The molecule has 2 aromatic heterocycles. The molecule has 0 saturated heterocycles. The zero-order chi connectivity index (χ0) is 16.8. The van der Waals surface area contributed by atoms with E-state index in [-0.39, 0.29) is 20.1 Å². The summed E-state index contributed by atoms with van der Waals surface area (Å²) in [6.45, 7) is 4.33. The van der Waals surface area contributed by atoms with Gasteiger partial charge in [-0.05, 0) is 24.6 Å². The molecule has 4 heteroatoms. The van der Waals surface area contributed by atoms with Crippen LogP contribution in [0, 0.1) is 6.07 Å². The molecule has 25 heavy (non-hydrogen) atoms. The number of aromatic nitrogens is 3. The summed E-state index contributed by atoms with van der Waals surface area (Å²) in [5.41, 5.74) is 5.05. The van der Waals surface area contributed by atoms with Crippen molar-refractivity contribution in [2.24, 2.45) is 0 Å². The van der Waals surface area contributed by atoms with Gasteiger partial charge in [-0.3, -0.25) is 0 Å². The van der Waals surface area contributed by atoms with Crippen LogP contribution in [0.3, 0.4) is 0 Å². The largest absolute Gasteiger partial charge is 0.304 e. The van der Waals surface area contributed by atoms with E-state index in [0.29, 0.717) is 0 Å². The van der Waals surface area contributed by atoms with Gasteiger partial charge in [-0.2, -0.15) is 0 Å². The van der Waals surface area contributed by atoms with E-state index in [4.69, 9.17) is 4.98 Å². The predicted octanol–water partition coefficient (Wildman–Crippen LogP) is 4.91. The molecule has 1 aromatic carbocycles. The van der Waals surface area contributed by atoms with Gasteiger partial charge in [0.2, 0.25) is 0 Å². The van der Waals surface area contributed by atoms with E-state index < -0.39 is 0 Å². The fourth-order valence-corrected chi connectivity index (χ4v) is 2.68. The molecule has 3 rings (SSSR count). The first-order valence-electron chi connectivity index (χ1n) is 8.60. The molecule has 0 N–H and O–H groups in total. The van der Waals surface area contributed by atoms with Crippen molar-refractivity contribution in [1.29, 1.82) is 0 Å². The van der Waals surface area contributed by atoms with Crippen LogP contribution in [0.1, 0.15) is 38.2 Å². The molecule has 0 saturated carbocycles. The van der Waals surface area contributed by atoms with Gasteiger partial charge >= 0.3 is 0 Å². The van der Waals surface area contributed by atoms with Crippen LogP contribution >= 0.6 is 0 Å². The SMILES string of the molecule is CCCc1cc(-c2ccc(-c3[c-]cccc3)nc2)nc(CCC)n1.[Ir]. The molecule has 0 aliphatic carbocycles. The summed E-state index contributed by atoms with van der Waals surface area (Å²) >= 11 is 0. The predicted molar refractivity (Wildman–Crippen MR) is 97.5 cm³/mol. The van der Waals surface area contributed by atoms with E-state index in [1.807, 2.05) is 36.5 Å². The van der Waals surface area contributed by atoms with E-state index in [2.05, 4.69) is 42.0 Å². The second-order valence-electron chi connectivity index (χ2n) is 5.87. The average Bonchev–Trinajstić information content (AvgIpc) is 2.63. The minimum atomic E-state index is 0. The van der Waals surface area contributed by atoms with Crippen molar-refractivity contribution in [3.63, 3.8) is 0 Å². The number of hydrogen-bond donors (Lipinski definition) is 0. The molecule has 0 spiro atoms. The summed E-state index contributed by atoms with van der Waals surface area (Å²) in [4.78, 5) is 14.0. The van der Waals surface area contributed by atoms with Gasteiger partial charge in [0.15, 0.2) is 0 Å². The Bertz CT molecular complexity index is 762. The summed E-state index contributed by atoms with van der Waals surface area (Å²) in [5, 5.41) is 0. The van der Waals surface area contributed by atoms with Crippen LogP contribution in [-0.2, 0) is 32.9 Å². The Morgan fingerprint density at radius 3 is 2.40 bits per heavy atom. The van der Waals surface area contributed by atoms with Gasteiger partial charge in [0.25, 0.3) is 0 Å². The Kier molecular flexibility index (Phi) is 7.42. The first-order chi connectivity index (χ1) is 11.8. The van der Waals surface area contributed by atoms with Crippen molar-refractivity contribution >= 4 is 0 Å². The van der Waals surface area contributed by atoms with Gasteiger partial charge in [0, 0.05) is 44.0 Å². The molecule has 3 aromatic rings. The zero-order valence-electron chi connectivity index (χ0n) is 14.6. The van der Waals surface area contributed by atoms with Crippen molar-refractivity contribution in [2.45, 2.75) is 39.5 Å². The van der Waals surface area contributed by atoms with Crippen LogP contribution in [-0.4, -0.2) is 15.0 Å². The number of hydrogen-bond acceptors (Lipinski definition) is 3. The van der Waals surface area contributed by atoms with Crippen molar-refractivity contribution in [2.75, 3.05) is 0 Å². The molecular weight excluding hydrogens is 486 g/mol. The van der Waals surface area contributed by atoms with Gasteiger partial charge in [-0.15, -0.1) is 35.9 Å². The molecule has 0 fully saturated rings. The van der Waals surface area contributed by atoms with E-state index in [9.17, 15) is 0 Å². The second kappa shape index (κ2) is 9.55. The summed E-state index contributed by atoms with van der Waals surface area (Å²) < 4.78 is 0. The van der Waals surface area contributed by atoms with Crippen LogP contribution in [0.5, 0.6) is 0 Å². The molecule has 3 nitrogen and oxygen atoms in total. The summed E-state index contributed by atoms with van der Waals surface area (Å²) in [6, 6.07) is 17.3. The quantitative estimate of drug-likeness (QED) is 0.444. The van der Waals surface area contributed by atoms with Crippen LogP contribution in [0.25, 0.3) is 22.5 Å². The molecule has 0 aliphatic rings. The summed E-state index contributed by atoms with van der Waals surface area (Å²) in [7, 11) is 0. The van der Waals surface area contributed by atoms with Crippen LogP contribution in [0.15, 0.2) is 48.7 Å². The Balaban J connectivity index is 0.00000225. The molecule has 0 atom stereocenters. The van der Waals surface area contributed by atoms with Gasteiger partial charge in [0.1, 0.15) is 5.82 Å². The second-order valence-corrected chi connectivity index (χ2v) is 5.87. The van der Waals surface area contributed by atoms with Crippen LogP contribution < -0.4 is 0 Å². The molecule has 131 valence electrons. The number of benzene rings is 1. The topological polar surface area (TPSA) is 38.7 Å². The Morgan fingerprint density at radius 2 is 1.76 bits per heavy atom. The molecular formula is C21H22IrN3-. The molecule has 0 unspecified atom stereocenters. The van der Waals surface area contributed by atoms with Crippen molar-refractivity contribution < 1.29 is 20.1 Å².